The summed E-state index contributed by atoms with van der Waals surface area (Å²) in [6, 6.07) is 3.77. The summed E-state index contributed by atoms with van der Waals surface area (Å²) in [5.41, 5.74) is -0.963. The first-order valence-corrected chi connectivity index (χ1v) is 3.09. The molecule has 66 valence electrons. The number of hydrogen-bond acceptors (Lipinski definition) is 2. The standard InChI is InChI=1S/C7H2F3N3/c8-7(9,10)13-2-1-5(3-11)6(13)4-12/h1-2H. The molecule has 6 heteroatoms. The lowest BCUT2D eigenvalue weighted by Crippen LogP contribution is -2.17. The number of alkyl halides is 3. The van der Waals surface area contributed by atoms with Crippen LogP contribution in [0.5, 0.6) is 0 Å². The average molecular weight is 185 g/mol. The van der Waals surface area contributed by atoms with E-state index in [-0.39, 0.29) is 10.1 Å². The summed E-state index contributed by atoms with van der Waals surface area (Å²) in [5.74, 6) is 0. The molecule has 0 atom stereocenters. The van der Waals surface area contributed by atoms with Crippen molar-refractivity contribution >= 4 is 0 Å². The molecule has 0 aliphatic carbocycles. The first-order valence-electron chi connectivity index (χ1n) is 3.09. The van der Waals surface area contributed by atoms with Gasteiger partial charge in [0.1, 0.15) is 17.8 Å². The summed E-state index contributed by atoms with van der Waals surface area (Å²) in [6.45, 7) is 0. The Bertz CT molecular complexity index is 402. The second-order valence-corrected chi connectivity index (χ2v) is 2.14. The van der Waals surface area contributed by atoms with Gasteiger partial charge in [-0.3, -0.25) is 0 Å². The van der Waals surface area contributed by atoms with Crippen LogP contribution in [0.2, 0.25) is 0 Å². The Morgan fingerprint density at radius 3 is 2.23 bits per heavy atom. The van der Waals surface area contributed by atoms with E-state index in [1.54, 1.807) is 0 Å². The molecule has 1 rings (SSSR count). The molecule has 0 aliphatic rings. The van der Waals surface area contributed by atoms with Crippen molar-refractivity contribution in [2.45, 2.75) is 6.30 Å². The molecule has 1 heterocycles. The van der Waals surface area contributed by atoms with Crippen molar-refractivity contribution in [2.24, 2.45) is 0 Å². The van der Waals surface area contributed by atoms with Gasteiger partial charge < -0.3 is 0 Å². The van der Waals surface area contributed by atoms with Gasteiger partial charge in [-0.15, -0.1) is 13.2 Å². The Hall–Kier alpha value is -1.95. The lowest BCUT2D eigenvalue weighted by molar-refractivity contribution is -0.204. The highest BCUT2D eigenvalue weighted by atomic mass is 19.4. The third kappa shape index (κ3) is 1.47. The van der Waals surface area contributed by atoms with E-state index in [2.05, 4.69) is 0 Å². The molecule has 0 aromatic carbocycles. The van der Waals surface area contributed by atoms with Gasteiger partial charge in [0.15, 0.2) is 0 Å². The van der Waals surface area contributed by atoms with Gasteiger partial charge in [0.25, 0.3) is 0 Å². The van der Waals surface area contributed by atoms with Gasteiger partial charge in [-0.1, -0.05) is 0 Å². The molecule has 0 unspecified atom stereocenters. The van der Waals surface area contributed by atoms with Crippen LogP contribution in [0.15, 0.2) is 12.3 Å². The van der Waals surface area contributed by atoms with Crippen molar-refractivity contribution < 1.29 is 13.2 Å². The predicted octanol–water partition coefficient (Wildman–Crippen LogP) is 1.71. The third-order valence-electron chi connectivity index (χ3n) is 1.39. The van der Waals surface area contributed by atoms with Crippen LogP contribution in [0.4, 0.5) is 13.2 Å². The topological polar surface area (TPSA) is 52.5 Å². The number of halogens is 3. The summed E-state index contributed by atoms with van der Waals surface area (Å²) in [6.07, 6.45) is -4.00. The second kappa shape index (κ2) is 2.83. The zero-order chi connectivity index (χ0) is 10.1. The quantitative estimate of drug-likeness (QED) is 0.617. The molecule has 0 saturated heterocycles. The minimum Gasteiger partial charge on any atom is -0.248 e. The Kier molecular flexibility index (Phi) is 1.99. The van der Waals surface area contributed by atoms with Gasteiger partial charge in [-0.2, -0.15) is 10.5 Å². The lowest BCUT2D eigenvalue weighted by atomic mass is 10.3. The maximum absolute atomic E-state index is 12.1. The first kappa shape index (κ1) is 9.14. The van der Waals surface area contributed by atoms with Crippen molar-refractivity contribution in [1.82, 2.24) is 4.57 Å². The monoisotopic (exact) mass is 185 g/mol. The SMILES string of the molecule is N#Cc1ccn(C(F)(F)F)c1C#N. The van der Waals surface area contributed by atoms with Crippen LogP contribution in [0, 0.1) is 22.7 Å². The highest BCUT2D eigenvalue weighted by Crippen LogP contribution is 2.25. The van der Waals surface area contributed by atoms with E-state index in [4.69, 9.17) is 10.5 Å². The van der Waals surface area contributed by atoms with Crippen LogP contribution in [0.3, 0.4) is 0 Å². The van der Waals surface area contributed by atoms with Crippen LogP contribution in [-0.4, -0.2) is 4.57 Å². The summed E-state index contributed by atoms with van der Waals surface area (Å²) >= 11 is 0. The Labute approximate surface area is 71.2 Å². The zero-order valence-electron chi connectivity index (χ0n) is 6.13. The molecule has 0 amide bonds. The summed E-state index contributed by atoms with van der Waals surface area (Å²) < 4.78 is 36.1. The van der Waals surface area contributed by atoms with Crippen LogP contribution < -0.4 is 0 Å². The van der Waals surface area contributed by atoms with Crippen molar-refractivity contribution in [2.75, 3.05) is 0 Å². The van der Waals surface area contributed by atoms with Crippen LogP contribution in [0.25, 0.3) is 0 Å². The first-order chi connectivity index (χ1) is 6.00. The normalized spacial score (nSPS) is 10.5. The van der Waals surface area contributed by atoms with Crippen LogP contribution in [0.1, 0.15) is 11.3 Å². The molecule has 3 nitrogen and oxygen atoms in total. The summed E-state index contributed by atoms with van der Waals surface area (Å²) in [4.78, 5) is 0. The van der Waals surface area contributed by atoms with Gasteiger partial charge in [0.05, 0.1) is 5.56 Å². The molecule has 0 radical (unpaired) electrons. The maximum atomic E-state index is 12.1. The molecule has 0 bridgehead atoms. The molecule has 0 saturated carbocycles. The molecular formula is C7H2F3N3. The molecule has 0 N–H and O–H groups in total. The van der Waals surface area contributed by atoms with E-state index >= 15 is 0 Å². The van der Waals surface area contributed by atoms with Gasteiger partial charge in [0.2, 0.25) is 0 Å². The number of nitriles is 2. The minimum atomic E-state index is -4.65. The predicted molar refractivity (Wildman–Crippen MR) is 35.2 cm³/mol. The highest BCUT2D eigenvalue weighted by molar-refractivity contribution is 5.42. The van der Waals surface area contributed by atoms with Gasteiger partial charge in [-0.25, -0.2) is 4.57 Å². The summed E-state index contributed by atoms with van der Waals surface area (Å²) in [5, 5.41) is 16.7. The molecule has 0 spiro atoms. The smallest absolute Gasteiger partial charge is 0.248 e. The van der Waals surface area contributed by atoms with E-state index in [1.165, 1.54) is 12.1 Å². The van der Waals surface area contributed by atoms with E-state index < -0.39 is 12.0 Å². The minimum absolute atomic E-state index is 0.189. The average Bonchev–Trinajstić information content (AvgIpc) is 2.45. The zero-order valence-corrected chi connectivity index (χ0v) is 6.13. The number of rotatable bonds is 0. The Morgan fingerprint density at radius 2 is 1.85 bits per heavy atom. The fourth-order valence-electron chi connectivity index (χ4n) is 0.848. The van der Waals surface area contributed by atoms with Crippen molar-refractivity contribution in [3.63, 3.8) is 0 Å². The van der Waals surface area contributed by atoms with Crippen LogP contribution >= 0.6 is 0 Å². The van der Waals surface area contributed by atoms with E-state index in [9.17, 15) is 13.2 Å². The fraction of sp³-hybridized carbons (Fsp3) is 0.143. The van der Waals surface area contributed by atoms with Crippen molar-refractivity contribution in [3.8, 4) is 12.1 Å². The van der Waals surface area contributed by atoms with Crippen molar-refractivity contribution in [3.05, 3.63) is 23.5 Å². The van der Waals surface area contributed by atoms with E-state index in [0.717, 1.165) is 6.07 Å². The van der Waals surface area contributed by atoms with Gasteiger partial charge in [-0.05, 0) is 6.07 Å². The number of hydrogen-bond donors (Lipinski definition) is 0. The molecular weight excluding hydrogens is 183 g/mol. The molecule has 1 aromatic rings. The number of aromatic nitrogens is 1. The third-order valence-corrected chi connectivity index (χ3v) is 1.39. The molecule has 1 aromatic heterocycles. The Morgan fingerprint density at radius 1 is 1.23 bits per heavy atom. The maximum Gasteiger partial charge on any atom is 0.489 e. The lowest BCUT2D eigenvalue weighted by Gasteiger charge is -2.07. The fourth-order valence-corrected chi connectivity index (χ4v) is 0.848. The van der Waals surface area contributed by atoms with E-state index in [0.29, 0.717) is 6.20 Å². The van der Waals surface area contributed by atoms with Gasteiger partial charge in [0, 0.05) is 6.20 Å². The Balaban J connectivity index is 3.37. The van der Waals surface area contributed by atoms with E-state index in [1.807, 2.05) is 0 Å². The van der Waals surface area contributed by atoms with Crippen molar-refractivity contribution in [1.29, 1.82) is 10.5 Å². The molecule has 13 heavy (non-hydrogen) atoms. The second-order valence-electron chi connectivity index (χ2n) is 2.14. The number of nitrogens with zero attached hydrogens (tertiary/aromatic N) is 3. The molecule has 0 fully saturated rings. The summed E-state index contributed by atoms with van der Waals surface area (Å²) in [7, 11) is 0. The van der Waals surface area contributed by atoms with Gasteiger partial charge >= 0.3 is 6.30 Å². The largest absolute Gasteiger partial charge is 0.489 e. The van der Waals surface area contributed by atoms with Crippen LogP contribution in [-0.2, 0) is 6.30 Å². The highest BCUT2D eigenvalue weighted by Gasteiger charge is 2.33. The molecule has 0 aliphatic heterocycles.